The molecule has 36 nitrogen and oxygen atoms in total. The predicted octanol–water partition coefficient (Wildman–Crippen LogP) is 1.74. The summed E-state index contributed by atoms with van der Waals surface area (Å²) >= 11 is 3.43. The summed E-state index contributed by atoms with van der Waals surface area (Å²) < 4.78 is 50.3. The van der Waals surface area contributed by atoms with Gasteiger partial charge in [0.25, 0.3) is 29.6 Å². The van der Waals surface area contributed by atoms with E-state index in [4.69, 9.17) is 72.9 Å². The van der Waals surface area contributed by atoms with Gasteiger partial charge in [-0.3, -0.25) is 54.6 Å². The number of aromatic amines is 6. The molecule has 0 bridgehead atoms. The Bertz CT molecular complexity index is 5540. The van der Waals surface area contributed by atoms with Gasteiger partial charge in [0, 0.05) is 64.9 Å². The Balaban J connectivity index is 0.00000177. The number of rotatable bonds is 38. The van der Waals surface area contributed by atoms with Gasteiger partial charge in [-0.15, -0.1) is 15.3 Å². The Morgan fingerprint density at radius 2 is 0.672 bits per heavy atom. The predicted molar refractivity (Wildman–Crippen MR) is 488 cm³/mol. The van der Waals surface area contributed by atoms with E-state index < -0.39 is 5.56 Å². The molecule has 10 N–H and O–H groups in total. The molecule has 3 heterocycles. The molecule has 680 valence electrons. The standard InChI is InChI=1S/C29H33N5O5.C28H31N5O4.C26H25BrN4O4.C3H9NO.C2H7N.2CH2O3.4Cs.2H/c1-34(15-16-35)14-7-17-39-24-13-11-22(19-23(24)20-8-5-4-6-9-20)30-32-28-27(31-33-29(28)36)21-10-12-25(37-2)26(18-21)38-3;1-33(2)15-8-16-37-23-14-12-21(18-22(23)19-9-6-5-7-10-19)29-31-27-26(30-32-28(27)34)20-11-13-24(35-3)25(17-20)36-4;1-33-22-11-9-18(15-23(22)34-2)24-25(26(32)31-29-24)30-28-19-10-12-21(35-14-6-13-27)20(16-19)17-7-4-3-5-8-17;1-4-2-3-5;1-3-2;2*2-1-4-3;;;;;;/h4-6,8-13,18-19,35H,7,14-17H2,1-3H3,(H2,31,33,36);5-7,9-14,17-18H,8,15-16H2,1-4H3,(H2,30,32,34);3-5,7-12,15-16H,6,13-14H2,1-2H3,(H2,29,31,32);4-5H,2-3H2,1H3;3H,1-2H3;2*1,3H;;;;;;/q;;;;;;;4*+1;2*-1/p-2. The van der Waals surface area contributed by atoms with Crippen LogP contribution in [0.2, 0.25) is 0 Å². The number of likely N-dealkylation sites (N-methyl/N-ethyl adjacent to an activating group) is 2. The summed E-state index contributed by atoms with van der Waals surface area (Å²) in [6.45, 7) is 4.83. The molecule has 12 aromatic rings. The van der Waals surface area contributed by atoms with Crippen molar-refractivity contribution in [3.63, 3.8) is 0 Å². The van der Waals surface area contributed by atoms with Gasteiger partial charge in [0.15, 0.2) is 51.6 Å². The number of azo groups is 3. The summed E-state index contributed by atoms with van der Waals surface area (Å²) in [6.07, 6.45) is 2.63. The Kier molecular flexibility index (Phi) is 65.7. The molecule has 131 heavy (non-hydrogen) atoms. The number of H-pyrrole nitrogens is 6. The van der Waals surface area contributed by atoms with Crippen LogP contribution >= 0.6 is 15.9 Å². The van der Waals surface area contributed by atoms with Crippen molar-refractivity contribution in [3.8, 4) is 119 Å². The zero-order valence-electron chi connectivity index (χ0n) is 78.6. The first-order valence-corrected chi connectivity index (χ1v) is 40.6. The van der Waals surface area contributed by atoms with Gasteiger partial charge >= 0.3 is 276 Å². The number of methoxy groups -OCH3 is 6. The quantitative estimate of drug-likeness (QED) is 0.00658. The summed E-state index contributed by atoms with van der Waals surface area (Å²) in [7, 11) is 21.0. The van der Waals surface area contributed by atoms with Crippen molar-refractivity contribution >= 4 is 63.0 Å². The number of benzene rings is 9. The Morgan fingerprint density at radius 3 is 0.924 bits per heavy atom. The number of ether oxygens (including phenoxy) is 9. The van der Waals surface area contributed by atoms with Crippen LogP contribution in [-0.4, -0.2) is 213 Å². The van der Waals surface area contributed by atoms with Crippen molar-refractivity contribution in [2.75, 3.05) is 149 Å². The molecule has 0 aliphatic heterocycles. The van der Waals surface area contributed by atoms with Crippen LogP contribution in [0.25, 0.3) is 67.2 Å². The van der Waals surface area contributed by atoms with E-state index in [1.807, 2.05) is 187 Å². The van der Waals surface area contributed by atoms with Crippen molar-refractivity contribution in [3.05, 3.63) is 231 Å². The average Bonchev–Trinajstić information content (AvgIpc) is 1.74. The molecule has 0 amide bonds. The number of aliphatic hydroxyl groups excluding tert-OH is 2. The minimum absolute atomic E-state index is 0. The van der Waals surface area contributed by atoms with Crippen LogP contribution in [0.4, 0.5) is 34.1 Å². The largest absolute Gasteiger partial charge is 1.00 e. The van der Waals surface area contributed by atoms with Gasteiger partial charge < -0.3 is 96.4 Å². The molecule has 3 aromatic heterocycles. The number of nitrogens with one attached hydrogen (secondary N) is 8. The van der Waals surface area contributed by atoms with E-state index in [0.29, 0.717) is 118 Å². The van der Waals surface area contributed by atoms with Crippen molar-refractivity contribution in [2.24, 2.45) is 30.7 Å². The fraction of sp³-hybridized carbons (Fsp3) is 0.278. The summed E-state index contributed by atoms with van der Waals surface area (Å²) in [5, 5.41) is 82.7. The first-order chi connectivity index (χ1) is 61.8. The van der Waals surface area contributed by atoms with Crippen molar-refractivity contribution in [1.82, 2.24) is 51.0 Å². The molecule has 0 unspecified atom stereocenters. The van der Waals surface area contributed by atoms with Gasteiger partial charge in [-0.25, -0.2) is 0 Å². The van der Waals surface area contributed by atoms with Crippen LogP contribution in [0, 0.1) is 0 Å². The van der Waals surface area contributed by atoms with E-state index in [0.717, 1.165) is 88.3 Å². The van der Waals surface area contributed by atoms with Crippen molar-refractivity contribution in [1.29, 1.82) is 0 Å². The van der Waals surface area contributed by atoms with Gasteiger partial charge in [0.1, 0.15) is 17.2 Å². The number of nitrogens with zero attached hydrogens (tertiary/aromatic N) is 8. The SMILES string of the molecule is CNC.CNCCO.COc1ccc(-c2[nH][nH]c(=O)c2N=Nc2ccc(OCCCBr)c(-c3ccccc3)c2)cc1OC.COc1ccc(-c2[nH][nH]c(=O)c2N=Nc2ccc(OCCCN(C)C)c(-c3ccccc3)c2)cc1OC.COc1ccc(-c2[nH][nH]c(=O)c2N=Nc2ccc(OCCCN(C)CCO)c(-c3ccccc3)c2)cc1OC.O=CO[O-].O=CO[O-].[Cs+].[Cs+].[Cs+].[Cs+].[H-].[H-]. The smallest absolute Gasteiger partial charge is 1.00 e. The molecule has 0 spiro atoms. The van der Waals surface area contributed by atoms with Crippen LogP contribution in [0.3, 0.4) is 0 Å². The average molecular weight is 2350 g/mol. The molecule has 0 radical (unpaired) electrons. The first kappa shape index (κ1) is 121. The molecule has 0 fully saturated rings. The number of aromatic nitrogens is 6. The Morgan fingerprint density at radius 1 is 0.382 bits per heavy atom. The third-order valence-corrected chi connectivity index (χ3v) is 18.2. The van der Waals surface area contributed by atoms with Crippen molar-refractivity contribution in [2.45, 2.75) is 19.3 Å². The van der Waals surface area contributed by atoms with Crippen molar-refractivity contribution < 1.29 is 361 Å². The normalized spacial score (nSPS) is 10.3. The number of hydrogen-bond acceptors (Lipinski definition) is 30. The molecule has 0 saturated heterocycles. The third-order valence-electron chi connectivity index (χ3n) is 17.6. The van der Waals surface area contributed by atoms with Gasteiger partial charge in [-0.2, -0.15) is 15.3 Å². The minimum atomic E-state index is -0.391. The fourth-order valence-electron chi connectivity index (χ4n) is 11.6. The summed E-state index contributed by atoms with van der Waals surface area (Å²) in [6, 6.07) is 62.6. The second-order valence-electron chi connectivity index (χ2n) is 26.7. The van der Waals surface area contributed by atoms with E-state index >= 15 is 0 Å². The van der Waals surface area contributed by atoms with Crippen LogP contribution in [0.1, 0.15) is 22.1 Å². The van der Waals surface area contributed by atoms with Crippen LogP contribution < -0.4 is 356 Å². The number of carbonyl (C=O) groups is 2. The number of carbonyl (C=O) groups excluding carboxylic acids is 2. The first-order valence-electron chi connectivity index (χ1n) is 39.4. The maximum Gasteiger partial charge on any atom is 1.00 e. The zero-order valence-corrected chi connectivity index (χ0v) is 103. The molecule has 41 heteroatoms. The van der Waals surface area contributed by atoms with E-state index in [1.165, 1.54) is 0 Å². The monoisotopic (exact) mass is 2340 g/mol. The topological polar surface area (TPSA) is 473 Å². The molecular weight excluding hydrogens is 2240 g/mol. The Labute approximate surface area is 1010 Å². The molecular formula is C90H109BrCs4N16O20. The number of alkyl halides is 1. The number of halogens is 1. The molecule has 0 atom stereocenters. The number of hydrogen-bond donors (Lipinski definition) is 10. The van der Waals surface area contributed by atoms with Crippen LogP contribution in [-0.2, 0) is 19.4 Å². The second kappa shape index (κ2) is 70.9. The van der Waals surface area contributed by atoms with Gasteiger partial charge in [0.2, 0.25) is 0 Å². The fourth-order valence-corrected chi connectivity index (χ4v) is 11.9. The second-order valence-corrected chi connectivity index (χ2v) is 27.5. The van der Waals surface area contributed by atoms with Gasteiger partial charge in [-0.05, 0) is 187 Å². The molecule has 9 aromatic carbocycles. The summed E-state index contributed by atoms with van der Waals surface area (Å²) in [5.41, 5.74) is 10.3. The molecule has 0 saturated carbocycles. The number of aliphatic hydroxyl groups is 2. The van der Waals surface area contributed by atoms with E-state index in [1.54, 1.807) is 98.2 Å². The summed E-state index contributed by atoms with van der Waals surface area (Å²) in [4.78, 5) is 64.3. The van der Waals surface area contributed by atoms with Gasteiger partial charge in [0.05, 0.1) is 110 Å². The summed E-state index contributed by atoms with van der Waals surface area (Å²) in [5.74, 6) is 5.63. The van der Waals surface area contributed by atoms with E-state index in [-0.39, 0.29) is 333 Å². The maximum absolute atomic E-state index is 12.6. The maximum atomic E-state index is 12.6. The van der Waals surface area contributed by atoms with Crippen LogP contribution in [0.5, 0.6) is 51.7 Å². The van der Waals surface area contributed by atoms with E-state index in [2.05, 4.69) is 107 Å². The van der Waals surface area contributed by atoms with Gasteiger partial charge in [-0.1, -0.05) is 107 Å². The minimum Gasteiger partial charge on any atom is -1.00 e. The van der Waals surface area contributed by atoms with Crippen LogP contribution in [0.15, 0.2) is 245 Å². The molecule has 0 aliphatic carbocycles. The molecule has 12 rings (SSSR count). The molecule has 0 aliphatic rings. The third kappa shape index (κ3) is 41.3. The zero-order chi connectivity index (χ0) is 92.1. The Hall–Kier alpha value is -5.68. The van der Waals surface area contributed by atoms with E-state index in [9.17, 15) is 14.4 Å².